The quantitative estimate of drug-likeness (QED) is 0.106. The summed E-state index contributed by atoms with van der Waals surface area (Å²) in [6, 6.07) is 39.3. The summed E-state index contributed by atoms with van der Waals surface area (Å²) in [5, 5.41) is 30.4. The van der Waals surface area contributed by atoms with Crippen molar-refractivity contribution >= 4 is 43.6 Å². The largest absolute Gasteiger partial charge is 0.505 e. The van der Waals surface area contributed by atoms with Gasteiger partial charge in [-0.3, -0.25) is 0 Å². The molecule has 0 fully saturated rings. The summed E-state index contributed by atoms with van der Waals surface area (Å²) < 4.78 is 66.7. The summed E-state index contributed by atoms with van der Waals surface area (Å²) in [4.78, 5) is 0. The minimum Gasteiger partial charge on any atom is -0.505 e. The Morgan fingerprint density at radius 2 is 0.667 bits per heavy atom. The Morgan fingerprint density at radius 1 is 0.355 bits per heavy atom. The number of aromatic hydroxyl groups is 2. The first-order valence-electron chi connectivity index (χ1n) is 33.3. The SMILES string of the molecule is Cc1cc(F)cc(-c2cc(C(C)(C)CC(C)(C)C)cc(-n3c4cc(C(C)(C)C)ccc4c4ccc(C(C)(C)C)cc43)c2O)c1OCCCOc1c(F)cc(F)cc1-c1cc(C(C)(C)CC(C)(C)C)cc(-n2c3cc(C(C)(C)C)ccc3c3ccc(C(C)(C)C)cc32)c1O. The van der Waals surface area contributed by atoms with E-state index in [4.69, 9.17) is 9.47 Å². The van der Waals surface area contributed by atoms with Crippen LogP contribution in [0.3, 0.4) is 0 Å². The minimum atomic E-state index is -0.919. The lowest BCUT2D eigenvalue weighted by atomic mass is 9.71. The molecule has 0 spiro atoms. The van der Waals surface area contributed by atoms with Crippen LogP contribution in [0.1, 0.15) is 211 Å². The fourth-order valence-corrected chi connectivity index (χ4v) is 14.5. The van der Waals surface area contributed by atoms with Crippen LogP contribution in [0.25, 0.3) is 77.2 Å². The number of aromatic nitrogens is 2. The van der Waals surface area contributed by atoms with E-state index in [0.29, 0.717) is 33.8 Å². The second-order valence-electron chi connectivity index (χ2n) is 34.5. The number of nitrogens with zero attached hydrogens (tertiary/aromatic N) is 2. The van der Waals surface area contributed by atoms with E-state index in [0.717, 1.165) is 95.9 Å². The molecule has 0 radical (unpaired) electrons. The summed E-state index contributed by atoms with van der Waals surface area (Å²) in [7, 11) is 0. The van der Waals surface area contributed by atoms with Crippen LogP contribution in [-0.4, -0.2) is 32.6 Å². The van der Waals surface area contributed by atoms with Crippen LogP contribution in [0.5, 0.6) is 23.0 Å². The third-order valence-electron chi connectivity index (χ3n) is 18.8. The molecule has 6 nitrogen and oxygen atoms in total. The Balaban J connectivity index is 1.08. The van der Waals surface area contributed by atoms with E-state index < -0.39 is 28.3 Å². The number of hydrogen-bond acceptors (Lipinski definition) is 4. The number of ether oxygens (including phenoxy) is 2. The highest BCUT2D eigenvalue weighted by Crippen LogP contribution is 2.51. The van der Waals surface area contributed by atoms with E-state index >= 15 is 13.2 Å². The van der Waals surface area contributed by atoms with Gasteiger partial charge in [-0.15, -0.1) is 0 Å². The molecule has 2 N–H and O–H groups in total. The molecule has 0 amide bonds. The lowest BCUT2D eigenvalue weighted by Gasteiger charge is -2.34. The number of aryl methyl sites for hydroxylation is 1. The molecule has 10 rings (SSSR count). The molecule has 0 atom stereocenters. The van der Waals surface area contributed by atoms with E-state index in [2.05, 4.69) is 246 Å². The number of hydrogen-bond donors (Lipinski definition) is 2. The van der Waals surface area contributed by atoms with Gasteiger partial charge in [-0.05, 0) is 169 Å². The summed E-state index contributed by atoms with van der Waals surface area (Å²) in [6.07, 6.45) is 1.79. The molecule has 10 aromatic rings. The van der Waals surface area contributed by atoms with Crippen LogP contribution in [0.15, 0.2) is 121 Å². The molecule has 0 bridgehead atoms. The maximum atomic E-state index is 16.8. The monoisotopic (exact) mass is 1260 g/mol. The average Bonchev–Trinajstić information content (AvgIpc) is 1.58. The molecule has 0 unspecified atom stereocenters. The number of fused-ring (bicyclic) bond motifs is 6. The molecule has 2 aromatic heterocycles. The Labute approximate surface area is 552 Å². The van der Waals surface area contributed by atoms with Crippen LogP contribution in [0, 0.1) is 35.2 Å². The van der Waals surface area contributed by atoms with Gasteiger partial charge in [-0.25, -0.2) is 13.2 Å². The van der Waals surface area contributed by atoms with Gasteiger partial charge < -0.3 is 28.8 Å². The summed E-state index contributed by atoms with van der Waals surface area (Å²) >= 11 is 0. The maximum Gasteiger partial charge on any atom is 0.168 e. The molecule has 492 valence electrons. The fraction of sp³-hybridized carbons (Fsp3) is 0.429. The van der Waals surface area contributed by atoms with Gasteiger partial charge in [0.1, 0.15) is 28.9 Å². The number of halogens is 3. The zero-order valence-electron chi connectivity index (χ0n) is 59.8. The predicted octanol–water partition coefficient (Wildman–Crippen LogP) is 23.8. The predicted molar refractivity (Wildman–Crippen MR) is 385 cm³/mol. The van der Waals surface area contributed by atoms with Crippen molar-refractivity contribution in [2.75, 3.05) is 13.2 Å². The van der Waals surface area contributed by atoms with Crippen molar-refractivity contribution < 1.29 is 32.9 Å². The highest BCUT2D eigenvalue weighted by molar-refractivity contribution is 6.11. The van der Waals surface area contributed by atoms with Gasteiger partial charge in [-0.2, -0.15) is 0 Å². The van der Waals surface area contributed by atoms with Crippen molar-refractivity contribution in [2.24, 2.45) is 10.8 Å². The highest BCUT2D eigenvalue weighted by atomic mass is 19.1. The van der Waals surface area contributed by atoms with Crippen molar-refractivity contribution in [1.82, 2.24) is 9.13 Å². The Morgan fingerprint density at radius 3 is 0.989 bits per heavy atom. The van der Waals surface area contributed by atoms with Crippen molar-refractivity contribution in [3.63, 3.8) is 0 Å². The number of benzene rings is 8. The number of phenols is 2. The van der Waals surface area contributed by atoms with E-state index in [1.807, 2.05) is 12.1 Å². The van der Waals surface area contributed by atoms with E-state index in [1.54, 1.807) is 6.92 Å². The maximum absolute atomic E-state index is 16.8. The number of rotatable bonds is 14. The van der Waals surface area contributed by atoms with Gasteiger partial charge in [0.15, 0.2) is 11.6 Å². The van der Waals surface area contributed by atoms with Crippen molar-refractivity contribution in [3.05, 3.63) is 178 Å². The summed E-state index contributed by atoms with van der Waals surface area (Å²) in [5.41, 5.74) is 10.9. The van der Waals surface area contributed by atoms with E-state index in [-0.39, 0.29) is 80.5 Å². The minimum absolute atomic E-state index is 0.0244. The van der Waals surface area contributed by atoms with Crippen LogP contribution < -0.4 is 9.47 Å². The second-order valence-corrected chi connectivity index (χ2v) is 34.5. The molecule has 2 heterocycles. The lowest BCUT2D eigenvalue weighted by molar-refractivity contribution is 0.241. The van der Waals surface area contributed by atoms with Gasteiger partial charge in [0.05, 0.1) is 46.7 Å². The standard InChI is InChI=1S/C84H101F3N2O4/c1-49-35-56(85)44-64(62-36-54(83(20,21)47-77(2,3)4)42-71(73(62)90)88-67-38-50(79(8,9)10)25-29-58(67)59-30-26-51(39-68(59)88)80(11,12)13)75(49)92-33-24-34-93-76-65(45-57(86)46-66(76)87)63-37-55(84(22,23)48-78(5,6)7)43-72(74(63)91)89-69-40-52(81(14,15)16)27-31-60(69)61-32-28-53(41-70(61)89)82(17,18)19/h25-32,35-46,90-91H,24,33-34,47-48H2,1-23H3. The Kier molecular flexibility index (Phi) is 17.4. The number of phenolic OH excluding ortho intramolecular Hbond substituents is 2. The molecular formula is C84H101F3N2O4. The van der Waals surface area contributed by atoms with Crippen LogP contribution in [-0.2, 0) is 32.5 Å². The Bertz CT molecular complexity index is 4120. The third-order valence-corrected chi connectivity index (χ3v) is 18.8. The normalized spacial score (nSPS) is 13.4. The first-order valence-corrected chi connectivity index (χ1v) is 33.3. The molecule has 8 aromatic carbocycles. The fourth-order valence-electron chi connectivity index (χ4n) is 14.5. The van der Waals surface area contributed by atoms with Gasteiger partial charge in [0.25, 0.3) is 0 Å². The summed E-state index contributed by atoms with van der Waals surface area (Å²) in [6.45, 7) is 50.2. The molecule has 0 aliphatic carbocycles. The van der Waals surface area contributed by atoms with Gasteiger partial charge >= 0.3 is 0 Å². The van der Waals surface area contributed by atoms with Crippen LogP contribution >= 0.6 is 0 Å². The highest BCUT2D eigenvalue weighted by Gasteiger charge is 2.35. The lowest BCUT2D eigenvalue weighted by Crippen LogP contribution is -2.25. The topological polar surface area (TPSA) is 68.8 Å². The molecule has 9 heteroatoms. The molecule has 93 heavy (non-hydrogen) atoms. The molecule has 0 aliphatic heterocycles. The van der Waals surface area contributed by atoms with Crippen molar-refractivity contribution in [2.45, 2.75) is 211 Å². The van der Waals surface area contributed by atoms with Gasteiger partial charge in [0.2, 0.25) is 0 Å². The molecular weight excluding hydrogens is 1160 g/mol. The molecule has 0 saturated heterocycles. The van der Waals surface area contributed by atoms with E-state index in [1.165, 1.54) is 18.2 Å². The zero-order valence-corrected chi connectivity index (χ0v) is 59.8. The van der Waals surface area contributed by atoms with Crippen molar-refractivity contribution in [1.29, 1.82) is 0 Å². The smallest absolute Gasteiger partial charge is 0.168 e. The molecule has 0 aliphatic rings. The zero-order chi connectivity index (χ0) is 68.4. The first-order chi connectivity index (χ1) is 42.8. The van der Waals surface area contributed by atoms with Crippen LogP contribution in [0.4, 0.5) is 13.2 Å². The molecule has 0 saturated carbocycles. The van der Waals surface area contributed by atoms with Crippen LogP contribution in [0.2, 0.25) is 0 Å². The Hall–Kier alpha value is -7.65. The van der Waals surface area contributed by atoms with Gasteiger partial charge in [-0.1, -0.05) is 201 Å². The average molecular weight is 1260 g/mol. The first kappa shape index (κ1) is 68.2. The third kappa shape index (κ3) is 13.7. The summed E-state index contributed by atoms with van der Waals surface area (Å²) in [5.74, 6) is -2.23. The van der Waals surface area contributed by atoms with Gasteiger partial charge in [0, 0.05) is 56.3 Å². The second kappa shape index (κ2) is 23.7. The van der Waals surface area contributed by atoms with Crippen molar-refractivity contribution in [3.8, 4) is 56.6 Å². The van der Waals surface area contributed by atoms with E-state index in [9.17, 15) is 10.2 Å².